The Kier molecular flexibility index (Phi) is 2.97. The Morgan fingerprint density at radius 1 is 1.29 bits per heavy atom. The van der Waals surface area contributed by atoms with Crippen molar-refractivity contribution in [1.29, 1.82) is 0 Å². The molecule has 1 heterocycles. The molecule has 0 unspecified atom stereocenters. The van der Waals surface area contributed by atoms with Crippen molar-refractivity contribution in [3.63, 3.8) is 0 Å². The summed E-state index contributed by atoms with van der Waals surface area (Å²) >= 11 is 2.95. The van der Waals surface area contributed by atoms with Crippen LogP contribution in [0.1, 0.15) is 10.5 Å². The SMILES string of the molecule is O=C(O)c1cccn1-c1c(F)cc(Br)cc1F. The summed E-state index contributed by atoms with van der Waals surface area (Å²) in [4.78, 5) is 10.9. The minimum absolute atomic E-state index is 0.204. The van der Waals surface area contributed by atoms with Crippen LogP contribution in [-0.4, -0.2) is 15.6 Å². The van der Waals surface area contributed by atoms with Crippen molar-refractivity contribution in [2.45, 2.75) is 0 Å². The molecule has 2 rings (SSSR count). The zero-order valence-electron chi connectivity index (χ0n) is 8.32. The van der Waals surface area contributed by atoms with Crippen LogP contribution >= 0.6 is 15.9 Å². The summed E-state index contributed by atoms with van der Waals surface area (Å²) < 4.78 is 28.5. The van der Waals surface area contributed by atoms with Crippen LogP contribution in [0, 0.1) is 11.6 Å². The van der Waals surface area contributed by atoms with Gasteiger partial charge in [-0.1, -0.05) is 15.9 Å². The molecule has 0 radical (unpaired) electrons. The fourth-order valence-corrected chi connectivity index (χ4v) is 1.92. The molecule has 3 nitrogen and oxygen atoms in total. The molecular weight excluding hydrogens is 296 g/mol. The Balaban J connectivity index is 2.69. The first-order valence-electron chi connectivity index (χ1n) is 4.56. The molecule has 0 amide bonds. The standard InChI is InChI=1S/C11H6BrF2NO2/c12-6-4-7(13)10(8(14)5-6)15-3-1-2-9(15)11(16)17/h1-5H,(H,16,17). The maximum absolute atomic E-state index is 13.6. The van der Waals surface area contributed by atoms with E-state index in [4.69, 9.17) is 5.11 Å². The quantitative estimate of drug-likeness (QED) is 0.925. The number of rotatable bonds is 2. The van der Waals surface area contributed by atoms with Crippen molar-refractivity contribution in [1.82, 2.24) is 4.57 Å². The third-order valence-corrected chi connectivity index (χ3v) is 2.65. The topological polar surface area (TPSA) is 42.2 Å². The van der Waals surface area contributed by atoms with Crippen molar-refractivity contribution in [3.05, 3.63) is 52.3 Å². The molecule has 1 aromatic carbocycles. The highest BCUT2D eigenvalue weighted by Crippen LogP contribution is 2.24. The van der Waals surface area contributed by atoms with E-state index in [2.05, 4.69) is 15.9 Å². The van der Waals surface area contributed by atoms with Gasteiger partial charge < -0.3 is 9.67 Å². The summed E-state index contributed by atoms with van der Waals surface area (Å²) in [6, 6.07) is 4.82. The molecule has 6 heteroatoms. The molecule has 1 N–H and O–H groups in total. The molecule has 0 spiro atoms. The van der Waals surface area contributed by atoms with E-state index in [0.29, 0.717) is 0 Å². The second kappa shape index (κ2) is 4.29. The first kappa shape index (κ1) is 11.8. The number of nitrogens with zero attached hydrogens (tertiary/aromatic N) is 1. The van der Waals surface area contributed by atoms with E-state index in [-0.39, 0.29) is 10.2 Å². The van der Waals surface area contributed by atoms with Gasteiger partial charge in [0, 0.05) is 10.7 Å². The highest BCUT2D eigenvalue weighted by Gasteiger charge is 2.17. The summed E-state index contributed by atoms with van der Waals surface area (Å²) in [7, 11) is 0. The number of hydrogen-bond donors (Lipinski definition) is 1. The Morgan fingerprint density at radius 3 is 2.41 bits per heavy atom. The van der Waals surface area contributed by atoms with Crippen LogP contribution in [-0.2, 0) is 0 Å². The van der Waals surface area contributed by atoms with Gasteiger partial charge >= 0.3 is 5.97 Å². The average Bonchev–Trinajstić information content (AvgIpc) is 2.64. The zero-order valence-corrected chi connectivity index (χ0v) is 9.91. The van der Waals surface area contributed by atoms with Gasteiger partial charge in [0.1, 0.15) is 11.4 Å². The van der Waals surface area contributed by atoms with E-state index in [1.54, 1.807) is 0 Å². The van der Waals surface area contributed by atoms with E-state index in [0.717, 1.165) is 16.7 Å². The first-order valence-corrected chi connectivity index (χ1v) is 5.35. The van der Waals surface area contributed by atoms with Crippen LogP contribution in [0.3, 0.4) is 0 Å². The van der Waals surface area contributed by atoms with Crippen molar-refractivity contribution >= 4 is 21.9 Å². The van der Waals surface area contributed by atoms with Crippen molar-refractivity contribution < 1.29 is 18.7 Å². The predicted octanol–water partition coefficient (Wildman–Crippen LogP) is 3.22. The maximum Gasteiger partial charge on any atom is 0.352 e. The Hall–Kier alpha value is -1.69. The molecule has 0 fully saturated rings. The maximum atomic E-state index is 13.6. The van der Waals surface area contributed by atoms with Gasteiger partial charge in [0.15, 0.2) is 11.6 Å². The molecule has 0 aliphatic rings. The molecule has 0 saturated heterocycles. The highest BCUT2D eigenvalue weighted by molar-refractivity contribution is 9.10. The number of benzene rings is 1. The van der Waals surface area contributed by atoms with E-state index in [9.17, 15) is 13.6 Å². The molecule has 0 bridgehead atoms. The van der Waals surface area contributed by atoms with Crippen LogP contribution in [0.2, 0.25) is 0 Å². The number of aromatic carboxylic acids is 1. The molecule has 2 aromatic rings. The Bertz CT molecular complexity index is 572. The number of carboxylic acid groups (broad SMARTS) is 1. The lowest BCUT2D eigenvalue weighted by atomic mass is 10.2. The number of aromatic nitrogens is 1. The lowest BCUT2D eigenvalue weighted by Gasteiger charge is -2.09. The molecule has 0 aliphatic carbocycles. The van der Waals surface area contributed by atoms with Gasteiger partial charge in [0.2, 0.25) is 0 Å². The molecule has 0 atom stereocenters. The lowest BCUT2D eigenvalue weighted by Crippen LogP contribution is -2.09. The number of carbonyl (C=O) groups is 1. The van der Waals surface area contributed by atoms with Gasteiger partial charge in [0.05, 0.1) is 0 Å². The van der Waals surface area contributed by atoms with Crippen molar-refractivity contribution in [3.8, 4) is 5.69 Å². The zero-order chi connectivity index (χ0) is 12.6. The summed E-state index contributed by atoms with van der Waals surface area (Å²) in [5.74, 6) is -2.93. The lowest BCUT2D eigenvalue weighted by molar-refractivity contribution is 0.0688. The average molecular weight is 302 g/mol. The summed E-state index contributed by atoms with van der Waals surface area (Å²) in [6.07, 6.45) is 1.29. The van der Waals surface area contributed by atoms with Crippen LogP contribution in [0.4, 0.5) is 8.78 Å². The number of halogens is 3. The van der Waals surface area contributed by atoms with E-state index >= 15 is 0 Å². The smallest absolute Gasteiger partial charge is 0.352 e. The molecule has 0 aliphatic heterocycles. The van der Waals surface area contributed by atoms with E-state index in [1.807, 2.05) is 0 Å². The van der Waals surface area contributed by atoms with E-state index in [1.165, 1.54) is 18.3 Å². The van der Waals surface area contributed by atoms with Gasteiger partial charge in [-0.15, -0.1) is 0 Å². The highest BCUT2D eigenvalue weighted by atomic mass is 79.9. The molecular formula is C11H6BrF2NO2. The van der Waals surface area contributed by atoms with Crippen molar-refractivity contribution in [2.24, 2.45) is 0 Å². The van der Waals surface area contributed by atoms with Crippen LogP contribution < -0.4 is 0 Å². The predicted molar refractivity (Wildman–Crippen MR) is 60.3 cm³/mol. The molecule has 0 saturated carbocycles. The van der Waals surface area contributed by atoms with Gasteiger partial charge in [0.25, 0.3) is 0 Å². The molecule has 17 heavy (non-hydrogen) atoms. The summed E-state index contributed by atoms with van der Waals surface area (Å²) in [6.45, 7) is 0. The number of carboxylic acids is 1. The van der Waals surface area contributed by atoms with Crippen LogP contribution in [0.5, 0.6) is 0 Å². The third kappa shape index (κ3) is 2.08. The summed E-state index contributed by atoms with van der Waals surface area (Å²) in [5.41, 5.74) is -0.610. The monoisotopic (exact) mass is 301 g/mol. The Morgan fingerprint density at radius 2 is 1.88 bits per heavy atom. The van der Waals surface area contributed by atoms with Gasteiger partial charge in [-0.25, -0.2) is 13.6 Å². The molecule has 88 valence electrons. The minimum atomic E-state index is -1.25. The van der Waals surface area contributed by atoms with Gasteiger partial charge in [-0.05, 0) is 24.3 Å². The van der Waals surface area contributed by atoms with Crippen LogP contribution in [0.15, 0.2) is 34.9 Å². The Labute approximate surface area is 103 Å². The van der Waals surface area contributed by atoms with Gasteiger partial charge in [-0.2, -0.15) is 0 Å². The minimum Gasteiger partial charge on any atom is -0.477 e. The fraction of sp³-hybridized carbons (Fsp3) is 0. The van der Waals surface area contributed by atoms with Crippen LogP contribution in [0.25, 0.3) is 5.69 Å². The second-order valence-electron chi connectivity index (χ2n) is 3.29. The molecule has 1 aromatic heterocycles. The second-order valence-corrected chi connectivity index (χ2v) is 4.20. The number of hydrogen-bond acceptors (Lipinski definition) is 1. The normalized spacial score (nSPS) is 10.5. The first-order chi connectivity index (χ1) is 8.00. The third-order valence-electron chi connectivity index (χ3n) is 2.19. The van der Waals surface area contributed by atoms with E-state index < -0.39 is 23.3 Å². The summed E-state index contributed by atoms with van der Waals surface area (Å²) in [5, 5.41) is 8.88. The van der Waals surface area contributed by atoms with Gasteiger partial charge in [-0.3, -0.25) is 0 Å². The largest absolute Gasteiger partial charge is 0.477 e. The van der Waals surface area contributed by atoms with Crippen molar-refractivity contribution in [2.75, 3.05) is 0 Å². The fourth-order valence-electron chi connectivity index (χ4n) is 1.51.